The van der Waals surface area contributed by atoms with Crippen LogP contribution in [0.4, 0.5) is 0 Å². The molecule has 0 spiro atoms. The van der Waals surface area contributed by atoms with Crippen molar-refractivity contribution in [2.24, 2.45) is 5.41 Å². The third-order valence-electron chi connectivity index (χ3n) is 6.20. The second kappa shape index (κ2) is 8.17. The monoisotopic (exact) mass is 376 g/mol. The smallest absolute Gasteiger partial charge is 0.254 e. The van der Waals surface area contributed by atoms with E-state index in [2.05, 4.69) is 5.32 Å². The summed E-state index contributed by atoms with van der Waals surface area (Å²) in [6, 6.07) is 17.9. The summed E-state index contributed by atoms with van der Waals surface area (Å²) in [6.07, 6.45) is 6.04. The Balaban J connectivity index is 1.42. The molecule has 0 atom stereocenters. The van der Waals surface area contributed by atoms with Gasteiger partial charge in [0, 0.05) is 31.6 Å². The Labute approximate surface area is 166 Å². The van der Waals surface area contributed by atoms with Crippen molar-refractivity contribution in [1.29, 1.82) is 0 Å². The fourth-order valence-corrected chi connectivity index (χ4v) is 4.74. The van der Waals surface area contributed by atoms with Crippen molar-refractivity contribution in [3.05, 3.63) is 71.3 Å². The molecule has 2 amide bonds. The third kappa shape index (κ3) is 4.11. The van der Waals surface area contributed by atoms with Crippen molar-refractivity contribution < 1.29 is 9.59 Å². The SMILES string of the molecule is O=C(CC1(CN2Cc3ccccc3C2=O)CCCCC1)NCc1ccccc1. The second-order valence-corrected chi connectivity index (χ2v) is 8.32. The lowest BCUT2D eigenvalue weighted by Gasteiger charge is -2.39. The summed E-state index contributed by atoms with van der Waals surface area (Å²) in [4.78, 5) is 27.5. The molecule has 4 nitrogen and oxygen atoms in total. The summed E-state index contributed by atoms with van der Waals surface area (Å²) < 4.78 is 0. The van der Waals surface area contributed by atoms with Gasteiger partial charge in [-0.15, -0.1) is 0 Å². The zero-order valence-corrected chi connectivity index (χ0v) is 16.3. The number of nitrogens with zero attached hydrogens (tertiary/aromatic N) is 1. The first-order valence-corrected chi connectivity index (χ1v) is 10.3. The maximum Gasteiger partial charge on any atom is 0.254 e. The fraction of sp³-hybridized carbons (Fsp3) is 0.417. The number of rotatable bonds is 6. The summed E-state index contributed by atoms with van der Waals surface area (Å²) >= 11 is 0. The first kappa shape index (κ1) is 18.7. The summed E-state index contributed by atoms with van der Waals surface area (Å²) in [7, 11) is 0. The average Bonchev–Trinajstić information content (AvgIpc) is 3.03. The van der Waals surface area contributed by atoms with E-state index in [-0.39, 0.29) is 17.2 Å². The topological polar surface area (TPSA) is 49.4 Å². The van der Waals surface area contributed by atoms with Crippen molar-refractivity contribution in [1.82, 2.24) is 10.2 Å². The van der Waals surface area contributed by atoms with Crippen LogP contribution in [0.5, 0.6) is 0 Å². The highest BCUT2D eigenvalue weighted by Gasteiger charge is 2.39. The highest BCUT2D eigenvalue weighted by Crippen LogP contribution is 2.41. The molecule has 1 saturated carbocycles. The van der Waals surface area contributed by atoms with Crippen LogP contribution in [0.2, 0.25) is 0 Å². The number of carbonyl (C=O) groups excluding carboxylic acids is 2. The normalized spacial score (nSPS) is 18.0. The summed E-state index contributed by atoms with van der Waals surface area (Å²) in [6.45, 7) is 1.91. The van der Waals surface area contributed by atoms with Crippen LogP contribution in [0, 0.1) is 5.41 Å². The summed E-state index contributed by atoms with van der Waals surface area (Å²) in [5, 5.41) is 3.08. The number of hydrogen-bond donors (Lipinski definition) is 1. The van der Waals surface area contributed by atoms with Gasteiger partial charge in [-0.05, 0) is 35.4 Å². The maximum atomic E-state index is 12.8. The van der Waals surface area contributed by atoms with Gasteiger partial charge in [-0.3, -0.25) is 9.59 Å². The van der Waals surface area contributed by atoms with Crippen molar-refractivity contribution in [3.63, 3.8) is 0 Å². The molecular formula is C24H28N2O2. The van der Waals surface area contributed by atoms with E-state index in [9.17, 15) is 9.59 Å². The van der Waals surface area contributed by atoms with Crippen molar-refractivity contribution >= 4 is 11.8 Å². The molecule has 0 saturated heterocycles. The van der Waals surface area contributed by atoms with Crippen LogP contribution in [-0.4, -0.2) is 23.3 Å². The third-order valence-corrected chi connectivity index (χ3v) is 6.20. The Kier molecular flexibility index (Phi) is 5.47. The predicted octanol–water partition coefficient (Wildman–Crippen LogP) is 4.30. The molecule has 2 aliphatic rings. The van der Waals surface area contributed by atoms with E-state index in [0.717, 1.165) is 42.4 Å². The van der Waals surface area contributed by atoms with E-state index in [1.54, 1.807) is 0 Å². The zero-order chi connectivity index (χ0) is 19.4. The molecule has 146 valence electrons. The minimum atomic E-state index is -0.100. The first-order chi connectivity index (χ1) is 13.7. The zero-order valence-electron chi connectivity index (χ0n) is 16.3. The van der Waals surface area contributed by atoms with Gasteiger partial charge in [0.15, 0.2) is 0 Å². The van der Waals surface area contributed by atoms with E-state index < -0.39 is 0 Å². The lowest BCUT2D eigenvalue weighted by atomic mass is 9.71. The van der Waals surface area contributed by atoms with Gasteiger partial charge in [-0.1, -0.05) is 67.8 Å². The second-order valence-electron chi connectivity index (χ2n) is 8.32. The molecule has 1 aliphatic carbocycles. The van der Waals surface area contributed by atoms with Crippen molar-refractivity contribution in [3.8, 4) is 0 Å². The van der Waals surface area contributed by atoms with E-state index in [1.807, 2.05) is 59.5 Å². The van der Waals surface area contributed by atoms with E-state index >= 15 is 0 Å². The molecule has 1 N–H and O–H groups in total. The predicted molar refractivity (Wildman–Crippen MR) is 110 cm³/mol. The lowest BCUT2D eigenvalue weighted by molar-refractivity contribution is -0.124. The van der Waals surface area contributed by atoms with Crippen LogP contribution in [0.3, 0.4) is 0 Å². The molecule has 1 heterocycles. The van der Waals surface area contributed by atoms with E-state index in [0.29, 0.717) is 26.1 Å². The van der Waals surface area contributed by atoms with Crippen LogP contribution in [-0.2, 0) is 17.9 Å². The number of fused-ring (bicyclic) bond motifs is 1. The van der Waals surface area contributed by atoms with Gasteiger partial charge in [0.2, 0.25) is 5.91 Å². The van der Waals surface area contributed by atoms with Crippen LogP contribution in [0.1, 0.15) is 60.0 Å². The van der Waals surface area contributed by atoms with Crippen LogP contribution < -0.4 is 5.32 Å². The Morgan fingerprint density at radius 2 is 1.68 bits per heavy atom. The molecule has 4 rings (SSSR count). The number of amides is 2. The van der Waals surface area contributed by atoms with Gasteiger partial charge in [-0.2, -0.15) is 0 Å². The average molecular weight is 377 g/mol. The molecule has 0 bridgehead atoms. The van der Waals surface area contributed by atoms with Crippen molar-refractivity contribution in [2.75, 3.05) is 6.54 Å². The molecule has 1 aliphatic heterocycles. The maximum absolute atomic E-state index is 12.8. The van der Waals surface area contributed by atoms with Gasteiger partial charge in [0.1, 0.15) is 0 Å². The Bertz CT molecular complexity index is 841. The molecule has 0 radical (unpaired) electrons. The molecular weight excluding hydrogens is 348 g/mol. The molecule has 2 aromatic rings. The number of hydrogen-bond acceptors (Lipinski definition) is 2. The van der Waals surface area contributed by atoms with Gasteiger partial charge in [-0.25, -0.2) is 0 Å². The van der Waals surface area contributed by atoms with Gasteiger partial charge in [0.25, 0.3) is 5.91 Å². The summed E-state index contributed by atoms with van der Waals surface area (Å²) in [5.41, 5.74) is 2.93. The lowest BCUT2D eigenvalue weighted by Crippen LogP contribution is -2.42. The largest absolute Gasteiger partial charge is 0.352 e. The van der Waals surface area contributed by atoms with E-state index in [1.165, 1.54) is 6.42 Å². The Morgan fingerprint density at radius 1 is 0.964 bits per heavy atom. The molecule has 2 aromatic carbocycles. The van der Waals surface area contributed by atoms with Crippen LogP contribution in [0.15, 0.2) is 54.6 Å². The van der Waals surface area contributed by atoms with Gasteiger partial charge in [0.05, 0.1) is 0 Å². The van der Waals surface area contributed by atoms with Crippen LogP contribution in [0.25, 0.3) is 0 Å². The van der Waals surface area contributed by atoms with E-state index in [4.69, 9.17) is 0 Å². The minimum Gasteiger partial charge on any atom is -0.352 e. The summed E-state index contributed by atoms with van der Waals surface area (Å²) in [5.74, 6) is 0.208. The van der Waals surface area contributed by atoms with Crippen LogP contribution >= 0.6 is 0 Å². The number of benzene rings is 2. The minimum absolute atomic E-state index is 0.0925. The molecule has 1 fully saturated rings. The number of carbonyl (C=O) groups is 2. The standard InChI is InChI=1S/C24H28N2O2/c27-22(25-16-19-9-3-1-4-10-19)15-24(13-7-2-8-14-24)18-26-17-20-11-5-6-12-21(20)23(26)28/h1,3-6,9-12H,2,7-8,13-18H2,(H,25,27). The first-order valence-electron chi connectivity index (χ1n) is 10.3. The molecule has 0 aromatic heterocycles. The van der Waals surface area contributed by atoms with Crippen molar-refractivity contribution in [2.45, 2.75) is 51.6 Å². The fourth-order valence-electron chi connectivity index (χ4n) is 4.74. The Morgan fingerprint density at radius 3 is 2.43 bits per heavy atom. The van der Waals surface area contributed by atoms with Gasteiger partial charge >= 0.3 is 0 Å². The molecule has 4 heteroatoms. The highest BCUT2D eigenvalue weighted by atomic mass is 16.2. The molecule has 28 heavy (non-hydrogen) atoms. The van der Waals surface area contributed by atoms with Gasteiger partial charge < -0.3 is 10.2 Å². The number of nitrogens with one attached hydrogen (secondary N) is 1. The Hall–Kier alpha value is -2.62. The molecule has 0 unspecified atom stereocenters. The highest BCUT2D eigenvalue weighted by molar-refractivity contribution is 5.98. The quantitative estimate of drug-likeness (QED) is 0.817.